The lowest BCUT2D eigenvalue weighted by Gasteiger charge is -2.27. The summed E-state index contributed by atoms with van der Waals surface area (Å²) in [5.74, 6) is 0. The molecule has 0 saturated carbocycles. The number of hydrogen-bond acceptors (Lipinski definition) is 3. The SMILES string of the molecule is Cl.O=S(=O)(N[C@@H]1CCCNC1)N1CCCCCC1. The summed E-state index contributed by atoms with van der Waals surface area (Å²) >= 11 is 0. The average Bonchev–Trinajstić information content (AvgIpc) is 2.58. The van der Waals surface area contributed by atoms with E-state index < -0.39 is 10.2 Å². The minimum atomic E-state index is -3.26. The lowest BCUT2D eigenvalue weighted by atomic mass is 10.1. The van der Waals surface area contributed by atoms with Crippen LogP contribution in [0.5, 0.6) is 0 Å². The zero-order valence-corrected chi connectivity index (χ0v) is 12.4. The highest BCUT2D eigenvalue weighted by molar-refractivity contribution is 7.87. The number of halogens is 1. The van der Waals surface area contributed by atoms with Gasteiger partial charge >= 0.3 is 0 Å². The first kappa shape index (κ1) is 16.2. The van der Waals surface area contributed by atoms with Crippen molar-refractivity contribution in [2.45, 2.75) is 44.6 Å². The first-order chi connectivity index (χ1) is 8.18. The van der Waals surface area contributed by atoms with Crippen molar-refractivity contribution in [3.05, 3.63) is 0 Å². The zero-order valence-electron chi connectivity index (χ0n) is 10.7. The second-order valence-corrected chi connectivity index (χ2v) is 6.68. The van der Waals surface area contributed by atoms with Crippen LogP contribution in [0.2, 0.25) is 0 Å². The zero-order chi connectivity index (χ0) is 12.1. The smallest absolute Gasteiger partial charge is 0.279 e. The minimum absolute atomic E-state index is 0. The Balaban J connectivity index is 0.00000162. The molecule has 108 valence electrons. The fourth-order valence-corrected chi connectivity index (χ4v) is 4.03. The van der Waals surface area contributed by atoms with Crippen LogP contribution in [0.15, 0.2) is 0 Å². The van der Waals surface area contributed by atoms with Gasteiger partial charge in [0.2, 0.25) is 0 Å². The summed E-state index contributed by atoms with van der Waals surface area (Å²) in [7, 11) is -3.26. The highest BCUT2D eigenvalue weighted by Gasteiger charge is 2.26. The molecule has 2 aliphatic heterocycles. The molecule has 0 spiro atoms. The largest absolute Gasteiger partial charge is 0.315 e. The number of hydrogen-bond donors (Lipinski definition) is 2. The van der Waals surface area contributed by atoms with Crippen molar-refractivity contribution in [2.75, 3.05) is 26.2 Å². The van der Waals surface area contributed by atoms with Crippen molar-refractivity contribution in [3.63, 3.8) is 0 Å². The summed E-state index contributed by atoms with van der Waals surface area (Å²) in [4.78, 5) is 0. The summed E-state index contributed by atoms with van der Waals surface area (Å²) in [6.07, 6.45) is 6.27. The molecule has 0 aromatic heterocycles. The maximum absolute atomic E-state index is 12.2. The number of piperidine rings is 1. The van der Waals surface area contributed by atoms with Crippen molar-refractivity contribution in [1.29, 1.82) is 0 Å². The van der Waals surface area contributed by atoms with E-state index in [9.17, 15) is 8.42 Å². The van der Waals surface area contributed by atoms with E-state index in [0.717, 1.165) is 51.6 Å². The molecule has 1 atom stereocenters. The monoisotopic (exact) mass is 297 g/mol. The molecule has 0 aromatic carbocycles. The van der Waals surface area contributed by atoms with Gasteiger partial charge in [-0.1, -0.05) is 12.8 Å². The van der Waals surface area contributed by atoms with Crippen molar-refractivity contribution in [1.82, 2.24) is 14.3 Å². The highest BCUT2D eigenvalue weighted by Crippen LogP contribution is 2.13. The molecule has 2 fully saturated rings. The van der Waals surface area contributed by atoms with Crippen LogP contribution in [0.4, 0.5) is 0 Å². The van der Waals surface area contributed by atoms with Crippen LogP contribution in [0.3, 0.4) is 0 Å². The van der Waals surface area contributed by atoms with Gasteiger partial charge in [-0.05, 0) is 32.2 Å². The fourth-order valence-electron chi connectivity index (χ4n) is 2.52. The molecule has 0 aliphatic carbocycles. The lowest BCUT2D eigenvalue weighted by Crippen LogP contribution is -2.50. The topological polar surface area (TPSA) is 61.4 Å². The van der Waals surface area contributed by atoms with Crippen molar-refractivity contribution >= 4 is 22.6 Å². The number of nitrogens with zero attached hydrogens (tertiary/aromatic N) is 1. The molecule has 2 heterocycles. The van der Waals surface area contributed by atoms with Crippen LogP contribution in [0.1, 0.15) is 38.5 Å². The summed E-state index contributed by atoms with van der Waals surface area (Å²) < 4.78 is 28.8. The molecule has 0 unspecified atom stereocenters. The third-order valence-corrected chi connectivity index (χ3v) is 5.19. The van der Waals surface area contributed by atoms with Gasteiger partial charge in [0, 0.05) is 25.7 Å². The first-order valence-corrected chi connectivity index (χ1v) is 8.10. The first-order valence-electron chi connectivity index (χ1n) is 6.66. The van der Waals surface area contributed by atoms with Crippen LogP contribution < -0.4 is 10.0 Å². The van der Waals surface area contributed by atoms with E-state index in [1.54, 1.807) is 4.31 Å². The van der Waals surface area contributed by atoms with E-state index in [2.05, 4.69) is 10.0 Å². The Morgan fingerprint density at radius 3 is 2.28 bits per heavy atom. The molecular formula is C11H24ClN3O2S. The van der Waals surface area contributed by atoms with Crippen LogP contribution in [-0.2, 0) is 10.2 Å². The van der Waals surface area contributed by atoms with Crippen LogP contribution in [0.25, 0.3) is 0 Å². The standard InChI is InChI=1S/C11H23N3O2S.ClH/c15-17(16,13-11-6-5-7-12-10-11)14-8-3-1-2-4-9-14;/h11-13H,1-10H2;1H/t11-;/m1./s1. The third-order valence-electron chi connectivity index (χ3n) is 3.52. The van der Waals surface area contributed by atoms with Crippen LogP contribution in [-0.4, -0.2) is 44.9 Å². The van der Waals surface area contributed by atoms with E-state index in [0.29, 0.717) is 13.1 Å². The summed E-state index contributed by atoms with van der Waals surface area (Å²) in [5.41, 5.74) is 0. The molecule has 0 bridgehead atoms. The Morgan fingerprint density at radius 1 is 1.06 bits per heavy atom. The van der Waals surface area contributed by atoms with Gasteiger partial charge in [0.05, 0.1) is 0 Å². The molecule has 2 N–H and O–H groups in total. The normalized spacial score (nSPS) is 27.2. The number of nitrogens with one attached hydrogen (secondary N) is 2. The molecule has 18 heavy (non-hydrogen) atoms. The van der Waals surface area contributed by atoms with Gasteiger partial charge in [-0.15, -0.1) is 12.4 Å². The van der Waals surface area contributed by atoms with E-state index in [4.69, 9.17) is 0 Å². The van der Waals surface area contributed by atoms with Crippen molar-refractivity contribution in [2.24, 2.45) is 0 Å². The van der Waals surface area contributed by atoms with Gasteiger partial charge in [-0.2, -0.15) is 17.4 Å². The Kier molecular flexibility index (Phi) is 6.87. The molecule has 0 aromatic rings. The Bertz CT molecular complexity index is 323. The van der Waals surface area contributed by atoms with Gasteiger partial charge in [-0.25, -0.2) is 0 Å². The van der Waals surface area contributed by atoms with Gasteiger partial charge < -0.3 is 5.32 Å². The van der Waals surface area contributed by atoms with Crippen LogP contribution >= 0.6 is 12.4 Å². The van der Waals surface area contributed by atoms with E-state index in [1.807, 2.05) is 0 Å². The quantitative estimate of drug-likeness (QED) is 0.813. The lowest BCUT2D eigenvalue weighted by molar-refractivity contribution is 0.384. The summed E-state index contributed by atoms with van der Waals surface area (Å²) in [6.45, 7) is 3.11. The summed E-state index contributed by atoms with van der Waals surface area (Å²) in [5, 5.41) is 3.23. The second kappa shape index (κ2) is 7.65. The van der Waals surface area contributed by atoms with Crippen LogP contribution in [0, 0.1) is 0 Å². The Labute approximate surface area is 116 Å². The minimum Gasteiger partial charge on any atom is -0.315 e. The summed E-state index contributed by atoms with van der Waals surface area (Å²) in [6, 6.07) is 0.0667. The molecule has 5 nitrogen and oxygen atoms in total. The molecule has 7 heteroatoms. The van der Waals surface area contributed by atoms with E-state index in [1.165, 1.54) is 0 Å². The molecule has 0 amide bonds. The van der Waals surface area contributed by atoms with Gasteiger partial charge in [0.15, 0.2) is 0 Å². The van der Waals surface area contributed by atoms with Crippen molar-refractivity contribution in [3.8, 4) is 0 Å². The van der Waals surface area contributed by atoms with Gasteiger partial charge in [-0.3, -0.25) is 0 Å². The predicted octanol–water partition coefficient (Wildman–Crippen LogP) is 0.871. The molecule has 0 radical (unpaired) electrons. The Morgan fingerprint density at radius 2 is 1.72 bits per heavy atom. The van der Waals surface area contributed by atoms with Crippen molar-refractivity contribution < 1.29 is 8.42 Å². The third kappa shape index (κ3) is 4.66. The van der Waals surface area contributed by atoms with E-state index >= 15 is 0 Å². The maximum Gasteiger partial charge on any atom is 0.279 e. The number of rotatable bonds is 3. The van der Waals surface area contributed by atoms with Gasteiger partial charge in [0.25, 0.3) is 10.2 Å². The average molecular weight is 298 g/mol. The van der Waals surface area contributed by atoms with Gasteiger partial charge in [0.1, 0.15) is 0 Å². The predicted molar refractivity (Wildman–Crippen MR) is 75.2 cm³/mol. The molecule has 2 saturated heterocycles. The highest BCUT2D eigenvalue weighted by atomic mass is 35.5. The van der Waals surface area contributed by atoms with E-state index in [-0.39, 0.29) is 18.4 Å². The Hall–Kier alpha value is 0.120. The fraction of sp³-hybridized carbons (Fsp3) is 1.00. The molecular weight excluding hydrogens is 274 g/mol. The molecule has 2 aliphatic rings. The maximum atomic E-state index is 12.2. The second-order valence-electron chi connectivity index (χ2n) is 4.98. The molecule has 2 rings (SSSR count).